The Labute approximate surface area is 232 Å². The van der Waals surface area contributed by atoms with Crippen molar-refractivity contribution in [2.45, 2.75) is 60.4 Å². The van der Waals surface area contributed by atoms with Gasteiger partial charge in [-0.2, -0.15) is 0 Å². The number of benzene rings is 1. The van der Waals surface area contributed by atoms with E-state index in [-0.39, 0.29) is 43.2 Å². The molecule has 2 aliphatic rings. The maximum Gasteiger partial charge on any atom is 0.238 e. The summed E-state index contributed by atoms with van der Waals surface area (Å²) in [5, 5.41) is 50.0. The highest BCUT2D eigenvalue weighted by atomic mass is 35.5. The van der Waals surface area contributed by atoms with Crippen LogP contribution in [-0.2, 0) is 14.3 Å². The Morgan fingerprint density at radius 2 is 2.00 bits per heavy atom. The number of nitrogens with zero attached hydrogens (tertiary/aromatic N) is 4. The first-order chi connectivity index (χ1) is 18.5. The van der Waals surface area contributed by atoms with Crippen molar-refractivity contribution in [2.75, 3.05) is 33.4 Å². The van der Waals surface area contributed by atoms with Gasteiger partial charge in [-0.15, -0.1) is 16.9 Å². The van der Waals surface area contributed by atoms with Crippen LogP contribution in [0.1, 0.15) is 25.8 Å². The van der Waals surface area contributed by atoms with E-state index < -0.39 is 63.9 Å². The predicted octanol–water partition coefficient (Wildman–Crippen LogP) is 0.978. The van der Waals surface area contributed by atoms with Crippen molar-refractivity contribution in [3.05, 3.63) is 35.0 Å². The Morgan fingerprint density at radius 3 is 2.62 bits per heavy atom. The molecule has 0 spiro atoms. The third kappa shape index (κ3) is 6.07. The number of ether oxygens (including phenoxy) is 2. The number of hydrogen-bond donors (Lipinski definition) is 4. The summed E-state index contributed by atoms with van der Waals surface area (Å²) in [5.74, 6) is -2.77. The number of rotatable bonds is 8. The van der Waals surface area contributed by atoms with Crippen LogP contribution in [0.5, 0.6) is 0 Å². The Kier molecular flexibility index (Phi) is 9.49. The molecule has 2 aromatic rings. The van der Waals surface area contributed by atoms with Gasteiger partial charge in [0.15, 0.2) is 11.6 Å². The van der Waals surface area contributed by atoms with Crippen molar-refractivity contribution >= 4 is 29.3 Å². The molecule has 1 amide bonds. The molecule has 0 aliphatic carbocycles. The molecule has 4 rings (SSSR count). The summed E-state index contributed by atoms with van der Waals surface area (Å²) < 4.78 is 39.9. The van der Waals surface area contributed by atoms with E-state index in [1.165, 1.54) is 11.1 Å². The number of amides is 1. The summed E-state index contributed by atoms with van der Waals surface area (Å²) in [5.41, 5.74) is -2.42. The molecule has 0 saturated carbocycles. The van der Waals surface area contributed by atoms with Crippen molar-refractivity contribution in [2.24, 2.45) is 0 Å². The summed E-state index contributed by atoms with van der Waals surface area (Å²) in [4.78, 5) is 14.8. The number of aliphatic hydroxyl groups is 4. The van der Waals surface area contributed by atoms with Crippen molar-refractivity contribution < 1.29 is 43.5 Å². The molecule has 216 valence electrons. The van der Waals surface area contributed by atoms with Gasteiger partial charge in [-0.25, -0.2) is 13.5 Å². The minimum Gasteiger partial charge on any atom is -0.394 e. The van der Waals surface area contributed by atoms with Crippen LogP contribution >= 0.6 is 23.4 Å². The third-order valence-electron chi connectivity index (χ3n) is 7.14. The average molecular weight is 593 g/mol. The normalized spacial score (nSPS) is 27.8. The van der Waals surface area contributed by atoms with E-state index >= 15 is 0 Å². The van der Waals surface area contributed by atoms with Crippen LogP contribution in [0, 0.1) is 11.6 Å². The second-order valence-electron chi connectivity index (χ2n) is 9.62. The molecule has 2 saturated heterocycles. The van der Waals surface area contributed by atoms with E-state index in [2.05, 4.69) is 10.3 Å². The molecule has 2 aliphatic heterocycles. The van der Waals surface area contributed by atoms with Crippen molar-refractivity contribution in [3.63, 3.8) is 0 Å². The monoisotopic (exact) mass is 592 g/mol. The van der Waals surface area contributed by atoms with E-state index in [0.717, 1.165) is 28.6 Å². The van der Waals surface area contributed by atoms with Gasteiger partial charge in [-0.05, 0) is 19.1 Å². The molecule has 1 aromatic carbocycles. The fourth-order valence-corrected chi connectivity index (χ4v) is 6.43. The molecular weight excluding hydrogens is 562 g/mol. The number of thioether (sulfide) groups is 1. The minimum atomic E-state index is -1.48. The highest BCUT2D eigenvalue weighted by Crippen LogP contribution is 2.42. The number of aliphatic hydroxyl groups excluding tert-OH is 3. The zero-order valence-electron chi connectivity index (χ0n) is 21.3. The first-order valence-corrected chi connectivity index (χ1v) is 13.7. The molecule has 6 atom stereocenters. The molecule has 2 fully saturated rings. The molecular formula is C24H31ClF2N4O7S. The van der Waals surface area contributed by atoms with Crippen LogP contribution < -0.4 is 0 Å². The van der Waals surface area contributed by atoms with E-state index in [4.69, 9.17) is 21.1 Å². The van der Waals surface area contributed by atoms with E-state index in [1.807, 2.05) is 0 Å². The zero-order valence-corrected chi connectivity index (χ0v) is 22.9. The van der Waals surface area contributed by atoms with Crippen LogP contribution in [0.4, 0.5) is 8.78 Å². The molecule has 3 heterocycles. The molecule has 0 radical (unpaired) electrons. The maximum absolute atomic E-state index is 13.9. The van der Waals surface area contributed by atoms with E-state index in [0.29, 0.717) is 6.54 Å². The van der Waals surface area contributed by atoms with Crippen LogP contribution in [0.2, 0.25) is 5.02 Å². The Bertz CT molecular complexity index is 1150. The van der Waals surface area contributed by atoms with Crippen molar-refractivity contribution in [3.8, 4) is 11.3 Å². The van der Waals surface area contributed by atoms with Gasteiger partial charge in [-0.3, -0.25) is 4.79 Å². The van der Waals surface area contributed by atoms with Gasteiger partial charge in [0.1, 0.15) is 40.7 Å². The first-order valence-electron chi connectivity index (χ1n) is 12.4. The summed E-state index contributed by atoms with van der Waals surface area (Å²) in [7, 11) is 1.60. The third-order valence-corrected chi connectivity index (χ3v) is 8.98. The smallest absolute Gasteiger partial charge is 0.238 e. The Hall–Kier alpha value is -1.91. The van der Waals surface area contributed by atoms with Crippen LogP contribution in [-0.4, -0.2) is 114 Å². The van der Waals surface area contributed by atoms with Gasteiger partial charge in [0.25, 0.3) is 0 Å². The summed E-state index contributed by atoms with van der Waals surface area (Å²) in [6, 6.07) is 0.839. The zero-order chi connectivity index (χ0) is 28.5. The summed E-state index contributed by atoms with van der Waals surface area (Å²) >= 11 is 6.65. The van der Waals surface area contributed by atoms with E-state index in [9.17, 15) is 34.0 Å². The lowest BCUT2D eigenvalue weighted by molar-refractivity contribution is -0.179. The minimum absolute atomic E-state index is 0.0839. The predicted molar refractivity (Wildman–Crippen MR) is 137 cm³/mol. The molecule has 0 bridgehead atoms. The van der Waals surface area contributed by atoms with Gasteiger partial charge < -0.3 is 34.8 Å². The molecule has 0 unspecified atom stereocenters. The molecule has 15 heteroatoms. The fraction of sp³-hybridized carbons (Fsp3) is 0.625. The molecule has 11 nitrogen and oxygen atoms in total. The first kappa shape index (κ1) is 30.1. The lowest BCUT2D eigenvalue weighted by Crippen LogP contribution is -2.58. The largest absolute Gasteiger partial charge is 0.394 e. The summed E-state index contributed by atoms with van der Waals surface area (Å²) in [6.45, 7) is 2.05. The van der Waals surface area contributed by atoms with Crippen LogP contribution in [0.3, 0.4) is 0 Å². The molecule has 4 N–H and O–H groups in total. The van der Waals surface area contributed by atoms with Gasteiger partial charge in [0.2, 0.25) is 5.91 Å². The Morgan fingerprint density at radius 1 is 1.31 bits per heavy atom. The average Bonchev–Trinajstić information content (AvgIpc) is 3.40. The number of carbonyl (C=O) groups excluding carboxylic acids is 1. The Balaban J connectivity index is 1.65. The van der Waals surface area contributed by atoms with Crippen molar-refractivity contribution in [1.29, 1.82) is 0 Å². The topological polar surface area (TPSA) is 150 Å². The highest BCUT2D eigenvalue weighted by Gasteiger charge is 2.51. The lowest BCUT2D eigenvalue weighted by Gasteiger charge is -2.45. The fourth-order valence-electron chi connectivity index (χ4n) is 4.64. The maximum atomic E-state index is 13.9. The van der Waals surface area contributed by atoms with Gasteiger partial charge >= 0.3 is 0 Å². The molecule has 1 aromatic heterocycles. The van der Waals surface area contributed by atoms with Crippen LogP contribution in [0.25, 0.3) is 11.3 Å². The number of hydrogen-bond acceptors (Lipinski definition) is 10. The standard InChI is InChI=1S/C24H31ClF2N4O7S/c1-3-30(2)22(35)21(24(36)4-6-37-7-5-24)39-23-20(34)18(19(33)16(11-32)38-23)31-10-15(28-29-31)12-8-13(25)17(27)14(26)9-12/h8-10,16,18-21,23,32-34,36H,3-7,11H2,1-2H3/t16-,18+,19+,20-,21-,23+/m1/s1. The van der Waals surface area contributed by atoms with Gasteiger partial charge in [-0.1, -0.05) is 16.8 Å². The SMILES string of the molecule is CCN(C)C(=O)[C@@H](S[C@@H]1O[C@H](CO)[C@H](O)[C@H](n2cc(-c3cc(F)c(F)c(Cl)c3)nn2)[C@H]1O)C1(O)CCOCC1. The molecule has 39 heavy (non-hydrogen) atoms. The van der Waals surface area contributed by atoms with Gasteiger partial charge in [0, 0.05) is 45.2 Å². The van der Waals surface area contributed by atoms with Crippen molar-refractivity contribution in [1.82, 2.24) is 19.9 Å². The second-order valence-corrected chi connectivity index (χ2v) is 11.2. The summed E-state index contributed by atoms with van der Waals surface area (Å²) in [6.07, 6.45) is -2.43. The van der Waals surface area contributed by atoms with Crippen LogP contribution in [0.15, 0.2) is 18.3 Å². The van der Waals surface area contributed by atoms with Gasteiger partial charge in [0.05, 0.1) is 23.4 Å². The quantitative estimate of drug-likeness (QED) is 0.327. The lowest BCUT2D eigenvalue weighted by atomic mass is 9.89. The number of carbonyl (C=O) groups is 1. The number of halogens is 3. The number of aromatic nitrogens is 3. The highest BCUT2D eigenvalue weighted by molar-refractivity contribution is 8.01. The van der Waals surface area contributed by atoms with E-state index in [1.54, 1.807) is 14.0 Å². The second kappa shape index (κ2) is 12.3.